The summed E-state index contributed by atoms with van der Waals surface area (Å²) in [7, 11) is 1.71. The first-order valence-electron chi connectivity index (χ1n) is 5.68. The molecule has 2 rings (SSSR count). The first-order chi connectivity index (χ1) is 8.48. The van der Waals surface area contributed by atoms with E-state index in [1.165, 1.54) is 0 Å². The van der Waals surface area contributed by atoms with Gasteiger partial charge in [0, 0.05) is 24.7 Å². The van der Waals surface area contributed by atoms with Crippen LogP contribution in [0.25, 0.3) is 0 Å². The van der Waals surface area contributed by atoms with Crippen molar-refractivity contribution in [1.82, 2.24) is 9.97 Å². The number of nitrogens with one attached hydrogen (secondary N) is 1. The molecule has 0 unspecified atom stereocenters. The molecule has 0 spiro atoms. The van der Waals surface area contributed by atoms with E-state index in [0.29, 0.717) is 11.7 Å². The Morgan fingerprint density at radius 1 is 1.39 bits per heavy atom. The fraction of sp³-hybridized carbons (Fsp3) is 0.636. The highest BCUT2D eigenvalue weighted by atomic mass is 19.4. The largest absolute Gasteiger partial charge is 0.411 e. The highest BCUT2D eigenvalue weighted by Gasteiger charge is 2.28. The summed E-state index contributed by atoms with van der Waals surface area (Å²) in [6.45, 7) is -1.51. The summed E-state index contributed by atoms with van der Waals surface area (Å²) in [6, 6.07) is 1.82. The number of hydrogen-bond acceptors (Lipinski definition) is 4. The Balaban J connectivity index is 2.00. The molecule has 100 valence electrons. The van der Waals surface area contributed by atoms with E-state index in [1.807, 2.05) is 6.07 Å². The molecule has 18 heavy (non-hydrogen) atoms. The van der Waals surface area contributed by atoms with Crippen LogP contribution >= 0.6 is 0 Å². The molecule has 1 aromatic rings. The highest BCUT2D eigenvalue weighted by Crippen LogP contribution is 2.39. The van der Waals surface area contributed by atoms with Gasteiger partial charge in [0.15, 0.2) is 5.82 Å². The van der Waals surface area contributed by atoms with Crippen molar-refractivity contribution in [2.24, 2.45) is 0 Å². The van der Waals surface area contributed by atoms with E-state index >= 15 is 0 Å². The lowest BCUT2D eigenvalue weighted by Crippen LogP contribution is -2.17. The van der Waals surface area contributed by atoms with E-state index in [2.05, 4.69) is 20.0 Å². The van der Waals surface area contributed by atoms with E-state index in [-0.39, 0.29) is 12.4 Å². The SMILES string of the molecule is CNc1cc(C2CC2)nc(COCC(F)(F)F)n1. The van der Waals surface area contributed by atoms with E-state index in [1.54, 1.807) is 7.05 Å². The molecule has 1 N–H and O–H groups in total. The Labute approximate surface area is 103 Å². The van der Waals surface area contributed by atoms with Crippen molar-refractivity contribution in [2.75, 3.05) is 19.0 Å². The lowest BCUT2D eigenvalue weighted by atomic mass is 10.2. The molecule has 1 aliphatic carbocycles. The molecule has 4 nitrogen and oxygen atoms in total. The molecular weight excluding hydrogens is 247 g/mol. The van der Waals surface area contributed by atoms with Crippen LogP contribution in [0.5, 0.6) is 0 Å². The van der Waals surface area contributed by atoms with Crippen LogP contribution in [0.4, 0.5) is 19.0 Å². The van der Waals surface area contributed by atoms with Gasteiger partial charge in [-0.05, 0) is 12.8 Å². The van der Waals surface area contributed by atoms with Crippen molar-refractivity contribution >= 4 is 5.82 Å². The third kappa shape index (κ3) is 3.83. The van der Waals surface area contributed by atoms with Gasteiger partial charge in [0.25, 0.3) is 0 Å². The maximum atomic E-state index is 11.9. The quantitative estimate of drug-likeness (QED) is 0.884. The molecular formula is C11H14F3N3O. The van der Waals surface area contributed by atoms with E-state index in [0.717, 1.165) is 18.5 Å². The maximum absolute atomic E-state index is 11.9. The van der Waals surface area contributed by atoms with Crippen molar-refractivity contribution < 1.29 is 17.9 Å². The van der Waals surface area contributed by atoms with Crippen LogP contribution in [0.2, 0.25) is 0 Å². The smallest absolute Gasteiger partial charge is 0.373 e. The number of nitrogens with zero attached hydrogens (tertiary/aromatic N) is 2. The molecule has 0 atom stereocenters. The minimum atomic E-state index is -4.32. The zero-order valence-corrected chi connectivity index (χ0v) is 9.92. The lowest BCUT2D eigenvalue weighted by Gasteiger charge is -2.09. The second-order valence-electron chi connectivity index (χ2n) is 4.23. The Hall–Kier alpha value is -1.37. The van der Waals surface area contributed by atoms with E-state index in [9.17, 15) is 13.2 Å². The third-order valence-electron chi connectivity index (χ3n) is 2.54. The van der Waals surface area contributed by atoms with E-state index in [4.69, 9.17) is 0 Å². The van der Waals surface area contributed by atoms with Gasteiger partial charge in [-0.25, -0.2) is 9.97 Å². The Bertz CT molecular complexity index is 418. The van der Waals surface area contributed by atoms with Crippen LogP contribution in [0, 0.1) is 0 Å². The summed E-state index contributed by atoms with van der Waals surface area (Å²) < 4.78 is 40.4. The summed E-state index contributed by atoms with van der Waals surface area (Å²) in [5, 5.41) is 2.87. The number of anilines is 1. The molecule has 0 aliphatic heterocycles. The van der Waals surface area contributed by atoms with Crippen molar-refractivity contribution in [1.29, 1.82) is 0 Å². The van der Waals surface area contributed by atoms with Crippen LogP contribution in [-0.2, 0) is 11.3 Å². The minimum Gasteiger partial charge on any atom is -0.373 e. The average Bonchev–Trinajstić information content (AvgIpc) is 3.10. The summed E-state index contributed by atoms with van der Waals surface area (Å²) in [5.74, 6) is 1.31. The molecule has 1 saturated carbocycles. The molecule has 1 heterocycles. The molecule has 7 heteroatoms. The van der Waals surface area contributed by atoms with Gasteiger partial charge in [-0.15, -0.1) is 0 Å². The maximum Gasteiger partial charge on any atom is 0.411 e. The Kier molecular flexibility index (Phi) is 3.70. The number of halogens is 3. The summed E-state index contributed by atoms with van der Waals surface area (Å²) in [5.41, 5.74) is 0.875. The lowest BCUT2D eigenvalue weighted by molar-refractivity contribution is -0.177. The second-order valence-corrected chi connectivity index (χ2v) is 4.23. The highest BCUT2D eigenvalue weighted by molar-refractivity contribution is 5.37. The van der Waals surface area contributed by atoms with Crippen LogP contribution in [-0.4, -0.2) is 29.8 Å². The topological polar surface area (TPSA) is 47.0 Å². The molecule has 1 fully saturated rings. The summed E-state index contributed by atoms with van der Waals surface area (Å²) in [6.07, 6.45) is -2.17. The molecule has 0 radical (unpaired) electrons. The Morgan fingerprint density at radius 2 is 2.11 bits per heavy atom. The van der Waals surface area contributed by atoms with Crippen molar-refractivity contribution in [3.05, 3.63) is 17.6 Å². The normalized spacial score (nSPS) is 15.8. The zero-order chi connectivity index (χ0) is 13.2. The van der Waals surface area contributed by atoms with Gasteiger partial charge >= 0.3 is 6.18 Å². The standard InChI is InChI=1S/C11H14F3N3O/c1-15-9-4-8(7-2-3-7)16-10(17-9)5-18-6-11(12,13)14/h4,7H,2-3,5-6H2,1H3,(H,15,16,17). The van der Waals surface area contributed by atoms with Crippen molar-refractivity contribution in [3.63, 3.8) is 0 Å². The molecule has 0 amide bonds. The van der Waals surface area contributed by atoms with Gasteiger partial charge in [0.05, 0.1) is 0 Å². The molecule has 1 aliphatic rings. The minimum absolute atomic E-state index is 0.227. The molecule has 1 aromatic heterocycles. The van der Waals surface area contributed by atoms with Gasteiger partial charge in [-0.3, -0.25) is 0 Å². The van der Waals surface area contributed by atoms with Crippen LogP contribution in [0.3, 0.4) is 0 Å². The van der Waals surface area contributed by atoms with Crippen LogP contribution < -0.4 is 5.32 Å². The summed E-state index contributed by atoms with van der Waals surface area (Å²) in [4.78, 5) is 8.29. The number of alkyl halides is 3. The zero-order valence-electron chi connectivity index (χ0n) is 9.92. The number of rotatable bonds is 5. The molecule has 0 saturated heterocycles. The predicted octanol–water partition coefficient (Wildman–Crippen LogP) is 2.47. The average molecular weight is 261 g/mol. The monoisotopic (exact) mass is 261 g/mol. The van der Waals surface area contributed by atoms with Crippen molar-refractivity contribution in [3.8, 4) is 0 Å². The fourth-order valence-corrected chi connectivity index (χ4v) is 1.56. The first-order valence-corrected chi connectivity index (χ1v) is 5.68. The Morgan fingerprint density at radius 3 is 2.67 bits per heavy atom. The third-order valence-corrected chi connectivity index (χ3v) is 2.54. The first kappa shape index (κ1) is 13.1. The van der Waals surface area contributed by atoms with Gasteiger partial charge in [-0.2, -0.15) is 13.2 Å². The van der Waals surface area contributed by atoms with Gasteiger partial charge in [0.2, 0.25) is 0 Å². The summed E-state index contributed by atoms with van der Waals surface area (Å²) >= 11 is 0. The van der Waals surface area contributed by atoms with E-state index < -0.39 is 12.8 Å². The fourth-order valence-electron chi connectivity index (χ4n) is 1.56. The van der Waals surface area contributed by atoms with Gasteiger partial charge in [0.1, 0.15) is 19.0 Å². The molecule has 0 aromatic carbocycles. The number of aromatic nitrogens is 2. The molecule has 0 bridgehead atoms. The van der Waals surface area contributed by atoms with Gasteiger partial charge < -0.3 is 10.1 Å². The predicted molar refractivity (Wildman–Crippen MR) is 59.3 cm³/mol. The van der Waals surface area contributed by atoms with Crippen LogP contribution in [0.15, 0.2) is 6.07 Å². The number of hydrogen-bond donors (Lipinski definition) is 1. The van der Waals surface area contributed by atoms with Crippen LogP contribution in [0.1, 0.15) is 30.3 Å². The second kappa shape index (κ2) is 5.09. The number of ether oxygens (including phenoxy) is 1. The van der Waals surface area contributed by atoms with Crippen molar-refractivity contribution in [2.45, 2.75) is 31.5 Å². The van der Waals surface area contributed by atoms with Gasteiger partial charge in [-0.1, -0.05) is 0 Å².